The summed E-state index contributed by atoms with van der Waals surface area (Å²) in [6.45, 7) is 2.28. The van der Waals surface area contributed by atoms with Crippen molar-refractivity contribution in [2.75, 3.05) is 11.5 Å². The van der Waals surface area contributed by atoms with Crippen molar-refractivity contribution in [1.29, 1.82) is 0 Å². The van der Waals surface area contributed by atoms with E-state index in [1.807, 2.05) is 17.9 Å². The molecule has 1 saturated heterocycles. The van der Waals surface area contributed by atoms with Crippen LogP contribution < -0.4 is 11.3 Å². The molecule has 1 aromatic heterocycles. The quantitative estimate of drug-likeness (QED) is 0.620. The number of hydrogen-bond acceptors (Lipinski definition) is 5. The van der Waals surface area contributed by atoms with E-state index in [0.29, 0.717) is 11.3 Å². The van der Waals surface area contributed by atoms with E-state index in [1.54, 1.807) is 0 Å². The molecule has 6 heteroatoms. The maximum absolute atomic E-state index is 5.80. The number of rotatable bonds is 6. The van der Waals surface area contributed by atoms with Gasteiger partial charge in [0, 0.05) is 47.0 Å². The second kappa shape index (κ2) is 7.57. The molecule has 0 saturated carbocycles. The molecule has 0 aliphatic carbocycles. The molecule has 3 N–H and O–H groups in total. The minimum absolute atomic E-state index is 0.387. The summed E-state index contributed by atoms with van der Waals surface area (Å²) in [5.74, 6) is 8.33. The van der Waals surface area contributed by atoms with Crippen molar-refractivity contribution >= 4 is 23.5 Å². The van der Waals surface area contributed by atoms with Crippen LogP contribution in [0, 0.1) is 0 Å². The van der Waals surface area contributed by atoms with Crippen LogP contribution in [-0.2, 0) is 13.5 Å². The van der Waals surface area contributed by atoms with Crippen molar-refractivity contribution in [2.45, 2.75) is 42.7 Å². The molecule has 4 nitrogen and oxygen atoms in total. The number of hydrazine groups is 1. The smallest absolute Gasteiger partial charge is 0.0492 e. The van der Waals surface area contributed by atoms with E-state index in [2.05, 4.69) is 47.0 Å². The molecule has 108 valence electrons. The molecule has 3 unspecified atom stereocenters. The first-order valence-electron chi connectivity index (χ1n) is 6.92. The van der Waals surface area contributed by atoms with Crippen LogP contribution in [0.5, 0.6) is 0 Å². The zero-order valence-corrected chi connectivity index (χ0v) is 13.3. The molecule has 0 amide bonds. The van der Waals surface area contributed by atoms with Gasteiger partial charge in [0.2, 0.25) is 0 Å². The van der Waals surface area contributed by atoms with Gasteiger partial charge in [0.05, 0.1) is 0 Å². The fraction of sp³-hybridized carbons (Fsp3) is 0.769. The number of hydrogen-bond donors (Lipinski definition) is 2. The van der Waals surface area contributed by atoms with Crippen molar-refractivity contribution in [3.63, 3.8) is 0 Å². The van der Waals surface area contributed by atoms with Gasteiger partial charge in [0.25, 0.3) is 0 Å². The molecule has 0 spiro atoms. The highest BCUT2D eigenvalue weighted by atomic mass is 32.2. The van der Waals surface area contributed by atoms with E-state index in [9.17, 15) is 0 Å². The Labute approximate surface area is 124 Å². The minimum atomic E-state index is 0.387. The first-order chi connectivity index (χ1) is 9.26. The zero-order valence-electron chi connectivity index (χ0n) is 11.7. The Morgan fingerprint density at radius 1 is 1.53 bits per heavy atom. The van der Waals surface area contributed by atoms with Crippen LogP contribution in [0.1, 0.15) is 25.5 Å². The highest BCUT2D eigenvalue weighted by Crippen LogP contribution is 2.36. The third-order valence-corrected chi connectivity index (χ3v) is 7.15. The predicted octanol–water partition coefficient (Wildman–Crippen LogP) is 1.81. The van der Waals surface area contributed by atoms with E-state index in [1.165, 1.54) is 23.6 Å². The van der Waals surface area contributed by atoms with Crippen LogP contribution in [-0.4, -0.2) is 37.8 Å². The molecule has 2 heterocycles. The van der Waals surface area contributed by atoms with Crippen LogP contribution in [0.25, 0.3) is 0 Å². The number of nitrogens with zero attached hydrogens (tertiary/aromatic N) is 2. The Bertz CT molecular complexity index is 382. The Balaban J connectivity index is 1.93. The van der Waals surface area contributed by atoms with Crippen LogP contribution >= 0.6 is 23.5 Å². The molecule has 1 aliphatic heterocycles. The standard InChI is InChI=1S/C13H24N4S2/c1-3-12-13(19-9-8-18-12)11(16-14)5-4-10-6-7-15-17(10)2/h6-7,11-13,16H,3-5,8-9,14H2,1-2H3. The summed E-state index contributed by atoms with van der Waals surface area (Å²) < 4.78 is 1.95. The van der Waals surface area contributed by atoms with E-state index in [0.717, 1.165) is 18.1 Å². The lowest BCUT2D eigenvalue weighted by Crippen LogP contribution is -2.48. The summed E-state index contributed by atoms with van der Waals surface area (Å²) in [5, 5.41) is 5.57. The van der Waals surface area contributed by atoms with Gasteiger partial charge >= 0.3 is 0 Å². The number of nitrogens with two attached hydrogens (primary N) is 1. The van der Waals surface area contributed by atoms with Gasteiger partial charge in [-0.15, -0.1) is 0 Å². The summed E-state index contributed by atoms with van der Waals surface area (Å²) in [5.41, 5.74) is 4.33. The topological polar surface area (TPSA) is 55.9 Å². The van der Waals surface area contributed by atoms with E-state index < -0.39 is 0 Å². The third kappa shape index (κ3) is 3.90. The highest BCUT2D eigenvalue weighted by Gasteiger charge is 2.31. The molecule has 1 aromatic rings. The third-order valence-electron chi connectivity index (χ3n) is 3.74. The van der Waals surface area contributed by atoms with Crippen LogP contribution in [0.15, 0.2) is 12.3 Å². The Hall–Kier alpha value is -0.170. The van der Waals surface area contributed by atoms with E-state index >= 15 is 0 Å². The van der Waals surface area contributed by atoms with E-state index in [4.69, 9.17) is 5.84 Å². The normalized spacial score (nSPS) is 25.4. The Kier molecular flexibility index (Phi) is 6.06. The van der Waals surface area contributed by atoms with Crippen molar-refractivity contribution in [3.05, 3.63) is 18.0 Å². The molecule has 0 aromatic carbocycles. The van der Waals surface area contributed by atoms with Crippen molar-refractivity contribution in [2.24, 2.45) is 12.9 Å². The van der Waals surface area contributed by atoms with Crippen LogP contribution in [0.3, 0.4) is 0 Å². The summed E-state index contributed by atoms with van der Waals surface area (Å²) in [7, 11) is 2.00. The Morgan fingerprint density at radius 3 is 2.95 bits per heavy atom. The first kappa shape index (κ1) is 15.2. The predicted molar refractivity (Wildman–Crippen MR) is 85.4 cm³/mol. The minimum Gasteiger partial charge on any atom is -0.273 e. The number of thioether (sulfide) groups is 2. The lowest BCUT2D eigenvalue weighted by atomic mass is 10.0. The van der Waals surface area contributed by atoms with Crippen molar-refractivity contribution in [1.82, 2.24) is 15.2 Å². The van der Waals surface area contributed by atoms with Crippen molar-refractivity contribution < 1.29 is 0 Å². The number of aromatic nitrogens is 2. The van der Waals surface area contributed by atoms with Crippen molar-refractivity contribution in [3.8, 4) is 0 Å². The van der Waals surface area contributed by atoms with Gasteiger partial charge in [0.1, 0.15) is 0 Å². The van der Waals surface area contributed by atoms with Gasteiger partial charge < -0.3 is 0 Å². The summed E-state index contributed by atoms with van der Waals surface area (Å²) >= 11 is 4.19. The monoisotopic (exact) mass is 300 g/mol. The summed E-state index contributed by atoms with van der Waals surface area (Å²) in [6.07, 6.45) is 5.20. The summed E-state index contributed by atoms with van der Waals surface area (Å²) in [6, 6.07) is 2.48. The molecule has 19 heavy (non-hydrogen) atoms. The molecule has 2 rings (SSSR count). The lowest BCUT2D eigenvalue weighted by molar-refractivity contribution is 0.459. The molecular weight excluding hydrogens is 276 g/mol. The number of nitrogens with one attached hydrogen (secondary N) is 1. The number of aryl methyl sites for hydroxylation is 2. The second-order valence-corrected chi connectivity index (χ2v) is 7.54. The maximum Gasteiger partial charge on any atom is 0.0492 e. The van der Waals surface area contributed by atoms with Gasteiger partial charge in [-0.1, -0.05) is 6.92 Å². The van der Waals surface area contributed by atoms with Gasteiger partial charge in [0.15, 0.2) is 0 Å². The average molecular weight is 300 g/mol. The van der Waals surface area contributed by atoms with Gasteiger partial charge in [-0.25, -0.2) is 0 Å². The Morgan fingerprint density at radius 2 is 2.32 bits per heavy atom. The largest absolute Gasteiger partial charge is 0.273 e. The van der Waals surface area contributed by atoms with Gasteiger partial charge in [-0.2, -0.15) is 28.6 Å². The molecular formula is C13H24N4S2. The molecule has 3 atom stereocenters. The van der Waals surface area contributed by atoms with Gasteiger partial charge in [-0.3, -0.25) is 16.0 Å². The molecule has 1 aliphatic rings. The first-order valence-corrected chi connectivity index (χ1v) is 9.02. The fourth-order valence-corrected chi connectivity index (χ4v) is 5.89. The molecule has 1 fully saturated rings. The van der Waals surface area contributed by atoms with Crippen LogP contribution in [0.4, 0.5) is 0 Å². The molecule has 0 bridgehead atoms. The SMILES string of the molecule is CCC1SCCSC1C(CCc1ccnn1C)NN. The summed E-state index contributed by atoms with van der Waals surface area (Å²) in [4.78, 5) is 0. The average Bonchev–Trinajstić information content (AvgIpc) is 2.85. The van der Waals surface area contributed by atoms with E-state index in [-0.39, 0.29) is 0 Å². The lowest BCUT2D eigenvalue weighted by Gasteiger charge is -2.35. The second-order valence-electron chi connectivity index (χ2n) is 4.91. The highest BCUT2D eigenvalue weighted by molar-refractivity contribution is 8.07. The van der Waals surface area contributed by atoms with Gasteiger partial charge in [-0.05, 0) is 25.3 Å². The fourth-order valence-electron chi connectivity index (χ4n) is 2.60. The maximum atomic E-state index is 5.80. The van der Waals surface area contributed by atoms with Crippen LogP contribution in [0.2, 0.25) is 0 Å². The zero-order chi connectivity index (χ0) is 13.7. The molecule has 0 radical (unpaired) electrons.